The Morgan fingerprint density at radius 2 is 0.428 bits per heavy atom. The molecular weight excluding hydrogens is 2230 g/mol. The predicted octanol–water partition coefficient (Wildman–Crippen LogP) is 34.6. The standard InChI is InChI=1S/C19H22Cl4O3.C18H20F4O2.2C17H17Cl5O2.C17H17ClF4O2.C17H18F4O2/c1-9(2)7-12-13(19(12,3)4)18(25)26-8-11-16(22)14(20)10(5-6-24)15(21)17(11)23;1-8(2)6-11-12(18(11,4)5)17(23)24-7-10-15(21)13(19)9(3)14(20)16(10)22;3*1-7(18)5-10-11(17(10,3)4)16(23)24-6-9-14(21)12(19)8(2)13(20)15(9)22;1-8(2)5-10-13(17(10,3)4)16(22)23-7-9-14(20)11(18)6-12(19)15(9)21/h7,12-13,24H,5-6,8H2,1-4H3;6,11-12H,7H2,1-5H3;3*5,10-11H,6H2,1-4H3;5-6,10,13H,7H2,1-4H3/b;;3*7-5-;/t12-,13+;11-,12+;3*10-,11+;10-,13+/m111111/s1. The van der Waals surface area contributed by atoms with Gasteiger partial charge in [0.2, 0.25) is 0 Å². The van der Waals surface area contributed by atoms with Crippen LogP contribution in [0.1, 0.15) is 207 Å². The molecule has 0 amide bonds. The third kappa shape index (κ3) is 28.6. The summed E-state index contributed by atoms with van der Waals surface area (Å²) in [6.45, 7) is 42.4. The van der Waals surface area contributed by atoms with E-state index >= 15 is 0 Å². The molecule has 0 radical (unpaired) electrons. The fourth-order valence-corrected chi connectivity index (χ4v) is 21.3. The van der Waals surface area contributed by atoms with Crippen molar-refractivity contribution < 1.29 is 115 Å². The van der Waals surface area contributed by atoms with Gasteiger partial charge in [-0.15, -0.1) is 0 Å². The van der Waals surface area contributed by atoms with Crippen molar-refractivity contribution in [3.05, 3.63) is 266 Å². The Labute approximate surface area is 912 Å². The van der Waals surface area contributed by atoms with E-state index in [4.69, 9.17) is 208 Å². The number of carbonyl (C=O) groups is 6. The normalized spacial score (nSPS) is 21.8. The topological polar surface area (TPSA) is 178 Å². The molecule has 0 heterocycles. The Balaban J connectivity index is 0.000000236. The molecule has 6 aliphatic carbocycles. The Hall–Kier alpha value is -5.95. The highest BCUT2D eigenvalue weighted by atomic mass is 35.5. The maximum Gasteiger partial charge on any atom is 0.310 e. The number of ether oxygens (including phenoxy) is 6. The number of halogens is 27. The lowest BCUT2D eigenvalue weighted by molar-refractivity contribution is -0.148. The van der Waals surface area contributed by atoms with Crippen molar-refractivity contribution in [3.8, 4) is 0 Å². The van der Waals surface area contributed by atoms with Crippen molar-refractivity contribution in [2.24, 2.45) is 104 Å². The highest BCUT2D eigenvalue weighted by Crippen LogP contribution is 2.65. The van der Waals surface area contributed by atoms with E-state index in [2.05, 4.69) is 6.08 Å². The van der Waals surface area contributed by atoms with E-state index in [9.17, 15) is 81.5 Å². The van der Waals surface area contributed by atoms with E-state index in [1.54, 1.807) is 40.7 Å². The van der Waals surface area contributed by atoms with Crippen LogP contribution in [0.4, 0.5) is 52.7 Å². The van der Waals surface area contributed by atoms with Crippen LogP contribution in [0.3, 0.4) is 0 Å². The number of allylic oxidation sites excluding steroid dienone is 12. The minimum atomic E-state index is -1.55. The summed E-state index contributed by atoms with van der Waals surface area (Å²) in [5.41, 5.74) is 0.255. The van der Waals surface area contributed by atoms with Crippen LogP contribution in [-0.4, -0.2) is 47.5 Å². The fraction of sp³-hybridized carbons (Fsp3) is 0.486. The molecule has 12 atom stereocenters. The Kier molecular flexibility index (Phi) is 43.3. The molecule has 40 heteroatoms. The molecule has 1 N–H and O–H groups in total. The summed E-state index contributed by atoms with van der Waals surface area (Å²) in [5.74, 6) is -23.2. The Morgan fingerprint density at radius 3 is 0.607 bits per heavy atom. The third-order valence-corrected chi connectivity index (χ3v) is 33.4. The van der Waals surface area contributed by atoms with Crippen LogP contribution in [0.2, 0.25) is 60.3 Å². The van der Waals surface area contributed by atoms with Gasteiger partial charge in [0.25, 0.3) is 0 Å². The number of hydrogen-bond acceptors (Lipinski definition) is 13. The number of esters is 6. The van der Waals surface area contributed by atoms with Crippen molar-refractivity contribution in [3.63, 3.8) is 0 Å². The van der Waals surface area contributed by atoms with E-state index in [0.717, 1.165) is 25.0 Å². The Morgan fingerprint density at radius 1 is 0.262 bits per heavy atom. The molecule has 0 aliphatic heterocycles. The summed E-state index contributed by atoms with van der Waals surface area (Å²) in [6, 6.07) is 0.116. The zero-order chi connectivity index (χ0) is 111. The average molecular weight is 2340 g/mol. The van der Waals surface area contributed by atoms with Crippen LogP contribution in [0.25, 0.3) is 0 Å². The number of aliphatic hydroxyl groups is 1. The molecule has 0 aromatic heterocycles. The van der Waals surface area contributed by atoms with Gasteiger partial charge >= 0.3 is 35.8 Å². The van der Waals surface area contributed by atoms with Gasteiger partial charge in [-0.2, -0.15) is 0 Å². The van der Waals surface area contributed by atoms with Gasteiger partial charge in [-0.3, -0.25) is 28.8 Å². The highest BCUT2D eigenvalue weighted by Gasteiger charge is 2.66. The largest absolute Gasteiger partial charge is 0.460 e. The van der Waals surface area contributed by atoms with Gasteiger partial charge in [-0.1, -0.05) is 310 Å². The smallest absolute Gasteiger partial charge is 0.310 e. The van der Waals surface area contributed by atoms with Gasteiger partial charge in [0.15, 0.2) is 69.8 Å². The average Bonchev–Trinajstić information content (AvgIpc) is 1.59. The molecule has 6 saturated carbocycles. The van der Waals surface area contributed by atoms with Crippen molar-refractivity contribution in [2.75, 3.05) is 6.61 Å². The lowest BCUT2D eigenvalue weighted by Crippen LogP contribution is -2.14. The van der Waals surface area contributed by atoms with E-state index in [1.165, 1.54) is 5.57 Å². The summed E-state index contributed by atoms with van der Waals surface area (Å²) in [5, 5.41) is 14.0. The molecule has 0 bridgehead atoms. The number of hydrogen-bond donors (Lipinski definition) is 1. The van der Waals surface area contributed by atoms with Gasteiger partial charge in [0, 0.05) is 55.6 Å². The predicted molar refractivity (Wildman–Crippen MR) is 548 cm³/mol. The second-order valence-electron chi connectivity index (χ2n) is 40.7. The minimum Gasteiger partial charge on any atom is -0.460 e. The van der Waals surface area contributed by atoms with E-state index in [0.29, 0.717) is 68.6 Å². The van der Waals surface area contributed by atoms with E-state index in [1.807, 2.05) is 149 Å². The maximum absolute atomic E-state index is 13.8. The molecule has 6 aromatic carbocycles. The molecule has 0 unspecified atom stereocenters. The molecule has 145 heavy (non-hydrogen) atoms. The number of aliphatic hydroxyl groups excluding tert-OH is 1. The molecule has 6 fully saturated rings. The van der Waals surface area contributed by atoms with Crippen molar-refractivity contribution in [2.45, 2.75) is 219 Å². The van der Waals surface area contributed by atoms with Crippen LogP contribution in [0, 0.1) is 201 Å². The van der Waals surface area contributed by atoms with Crippen LogP contribution in [-0.2, 0) is 103 Å². The summed E-state index contributed by atoms with van der Waals surface area (Å²) in [4.78, 5) is 73.7. The van der Waals surface area contributed by atoms with Crippen LogP contribution in [0.5, 0.6) is 0 Å². The molecule has 0 saturated heterocycles. The van der Waals surface area contributed by atoms with Gasteiger partial charge in [-0.05, 0) is 181 Å². The monoisotopic (exact) mass is 2330 g/mol. The van der Waals surface area contributed by atoms with Crippen molar-refractivity contribution >= 4 is 210 Å². The lowest BCUT2D eigenvalue weighted by Gasteiger charge is -2.15. The summed E-state index contributed by atoms with van der Waals surface area (Å²) >= 11 is 92.1. The fourth-order valence-electron chi connectivity index (χ4n) is 17.4. The van der Waals surface area contributed by atoms with Gasteiger partial charge in [-0.25, -0.2) is 52.7 Å². The van der Waals surface area contributed by atoms with E-state index < -0.39 is 159 Å². The summed E-state index contributed by atoms with van der Waals surface area (Å²) in [6.07, 6.45) is 11.7. The lowest BCUT2D eigenvalue weighted by atomic mass is 10.1. The molecule has 6 aliphatic rings. The second-order valence-corrected chi connectivity index (χ2v) is 47.0. The van der Waals surface area contributed by atoms with Gasteiger partial charge in [0.1, 0.15) is 39.6 Å². The number of benzene rings is 6. The Bertz CT molecular complexity index is 5580. The molecule has 798 valence electrons. The van der Waals surface area contributed by atoms with Crippen molar-refractivity contribution in [1.29, 1.82) is 0 Å². The molecule has 0 spiro atoms. The van der Waals surface area contributed by atoms with Crippen LogP contribution in [0.15, 0.2) is 74.3 Å². The number of rotatable bonds is 26. The maximum atomic E-state index is 13.8. The van der Waals surface area contributed by atoms with Crippen LogP contribution >= 0.6 is 174 Å². The van der Waals surface area contributed by atoms with Gasteiger partial charge < -0.3 is 33.5 Å². The minimum absolute atomic E-state index is 0.0288. The van der Waals surface area contributed by atoms with Crippen molar-refractivity contribution in [1.82, 2.24) is 0 Å². The van der Waals surface area contributed by atoms with Crippen LogP contribution < -0.4 is 0 Å². The molecule has 6 aromatic rings. The first kappa shape index (κ1) is 126. The van der Waals surface area contributed by atoms with Gasteiger partial charge in [0.05, 0.1) is 112 Å². The molecule has 13 nitrogen and oxygen atoms in total. The SMILES string of the molecule is C/C(Cl)=C/[C@@H]1[C@@H](C(=O)OCc2c(Cl)c(Cl)c(C)c(Cl)c2Cl)C1(C)C.C/C(Cl)=C/[C@@H]1[C@@H](C(=O)OCc2c(Cl)c(Cl)c(C)c(Cl)c2Cl)C1(C)C.C/C(Cl)=C/[C@@H]1[C@@H](C(=O)OCc2c(F)c(F)c(C)c(F)c2F)C1(C)C.CC(C)=C[C@@H]1[C@@H](C(=O)OCc2c(Cl)c(Cl)c(CCO)c(Cl)c2Cl)C1(C)C.CC(C)=C[C@@H]1[C@@H](C(=O)OCc2c(F)c(F)c(C)c(F)c2F)C1(C)C.CC(C)=C[C@@H]1[C@@H](C(=O)OCc2c(F)c(F)cc(F)c2F)C1(C)C. The highest BCUT2D eigenvalue weighted by molar-refractivity contribution is 6.51. The zero-order valence-electron chi connectivity index (χ0n) is 83.7. The third-order valence-electron chi connectivity index (χ3n) is 27.2. The molecular formula is C105H111Cl15F12O13. The summed E-state index contributed by atoms with van der Waals surface area (Å²) in [7, 11) is 0. The summed E-state index contributed by atoms with van der Waals surface area (Å²) < 4.78 is 193. The number of carbonyl (C=O) groups excluding carboxylic acids is 6. The second kappa shape index (κ2) is 49.9. The van der Waals surface area contributed by atoms with E-state index in [-0.39, 0.29) is 177 Å². The zero-order valence-corrected chi connectivity index (χ0v) is 95.0. The molecule has 12 rings (SSSR count). The first-order valence-electron chi connectivity index (χ1n) is 45.1. The first-order chi connectivity index (χ1) is 66.6. The first-order valence-corrected chi connectivity index (χ1v) is 50.8. The quantitative estimate of drug-likeness (QED) is 0.0178.